The summed E-state index contributed by atoms with van der Waals surface area (Å²) in [4.78, 5) is 36.3. The van der Waals surface area contributed by atoms with Crippen molar-refractivity contribution in [2.24, 2.45) is 22.7 Å². The molecule has 0 heterocycles. The van der Waals surface area contributed by atoms with Gasteiger partial charge >= 0.3 is 17.9 Å². The summed E-state index contributed by atoms with van der Waals surface area (Å²) < 4.78 is 17.2. The van der Waals surface area contributed by atoms with Crippen molar-refractivity contribution in [3.05, 3.63) is 23.3 Å². The molecular weight excluding hydrogens is 440 g/mol. The molecule has 190 valence electrons. The van der Waals surface area contributed by atoms with Gasteiger partial charge in [0.1, 0.15) is 24.4 Å². The van der Waals surface area contributed by atoms with Gasteiger partial charge in [-0.05, 0) is 42.7 Å². The van der Waals surface area contributed by atoms with Crippen LogP contribution in [-0.2, 0) is 28.6 Å². The van der Waals surface area contributed by atoms with E-state index >= 15 is 0 Å². The third-order valence-electron chi connectivity index (χ3n) is 8.22. The highest BCUT2D eigenvalue weighted by Gasteiger charge is 2.63. The molecule has 34 heavy (non-hydrogen) atoms. The van der Waals surface area contributed by atoms with Gasteiger partial charge in [-0.1, -0.05) is 32.9 Å². The predicted octanol–water partition coefficient (Wildman–Crippen LogP) is 2.85. The van der Waals surface area contributed by atoms with Gasteiger partial charge in [-0.3, -0.25) is 14.4 Å². The van der Waals surface area contributed by atoms with E-state index in [9.17, 15) is 24.6 Å². The van der Waals surface area contributed by atoms with Crippen LogP contribution in [0.25, 0.3) is 0 Å². The van der Waals surface area contributed by atoms with Crippen molar-refractivity contribution in [3.8, 4) is 0 Å². The van der Waals surface area contributed by atoms with Gasteiger partial charge in [0, 0.05) is 38.0 Å². The first-order valence-electron chi connectivity index (χ1n) is 11.9. The van der Waals surface area contributed by atoms with E-state index < -0.39 is 71.1 Å². The Labute approximate surface area is 201 Å². The van der Waals surface area contributed by atoms with Crippen molar-refractivity contribution < 1.29 is 38.8 Å². The molecule has 0 amide bonds. The van der Waals surface area contributed by atoms with Gasteiger partial charge in [-0.2, -0.15) is 0 Å². The Hall–Kier alpha value is -2.19. The van der Waals surface area contributed by atoms with E-state index in [4.69, 9.17) is 14.2 Å². The third-order valence-corrected chi connectivity index (χ3v) is 8.22. The van der Waals surface area contributed by atoms with Crippen LogP contribution in [0.5, 0.6) is 0 Å². The third kappa shape index (κ3) is 4.31. The molecule has 3 aliphatic rings. The van der Waals surface area contributed by atoms with Crippen LogP contribution < -0.4 is 0 Å². The molecular formula is C26H38O8. The van der Waals surface area contributed by atoms with Gasteiger partial charge < -0.3 is 24.4 Å². The SMILES string of the molecule is C=C1[C@@H](OC(C)=O)CC[C@@]2(C)[C@@H](O)[C@H](OC(C)=O)C3=C(C)C[C@H](O)[C@@H]([C@@H](OC(C)=O)[C@H]12)C3(C)C. The molecule has 8 nitrogen and oxygen atoms in total. The van der Waals surface area contributed by atoms with Crippen molar-refractivity contribution in [1.82, 2.24) is 0 Å². The molecule has 2 saturated carbocycles. The van der Waals surface area contributed by atoms with Gasteiger partial charge in [-0.25, -0.2) is 0 Å². The summed E-state index contributed by atoms with van der Waals surface area (Å²) in [6.07, 6.45) is -3.28. The number of esters is 3. The fraction of sp³-hybridized carbons (Fsp3) is 0.731. The van der Waals surface area contributed by atoms with Gasteiger partial charge in [0.15, 0.2) is 0 Å². The molecule has 2 N–H and O–H groups in total. The molecule has 0 radical (unpaired) electrons. The Morgan fingerprint density at radius 1 is 0.971 bits per heavy atom. The first kappa shape index (κ1) is 26.4. The summed E-state index contributed by atoms with van der Waals surface area (Å²) in [5, 5.41) is 23.2. The van der Waals surface area contributed by atoms with Crippen LogP contribution in [0.3, 0.4) is 0 Å². The van der Waals surface area contributed by atoms with Gasteiger partial charge in [-0.15, -0.1) is 0 Å². The van der Waals surface area contributed by atoms with Gasteiger partial charge in [0.05, 0.1) is 6.10 Å². The summed E-state index contributed by atoms with van der Waals surface area (Å²) in [6.45, 7) is 15.7. The zero-order valence-electron chi connectivity index (χ0n) is 21.2. The number of carbonyl (C=O) groups is 3. The molecule has 8 atom stereocenters. The van der Waals surface area contributed by atoms with Crippen molar-refractivity contribution in [3.63, 3.8) is 0 Å². The van der Waals surface area contributed by atoms with Crippen LogP contribution in [0.2, 0.25) is 0 Å². The van der Waals surface area contributed by atoms with E-state index in [0.717, 1.165) is 11.1 Å². The van der Waals surface area contributed by atoms with Crippen LogP contribution in [0.15, 0.2) is 23.3 Å². The number of hydrogen-bond donors (Lipinski definition) is 2. The lowest BCUT2D eigenvalue weighted by Crippen LogP contribution is -2.64. The Morgan fingerprint density at radius 2 is 1.53 bits per heavy atom. The average Bonchev–Trinajstić information content (AvgIpc) is 2.66. The molecule has 8 heteroatoms. The lowest BCUT2D eigenvalue weighted by molar-refractivity contribution is -0.198. The largest absolute Gasteiger partial charge is 0.461 e. The van der Waals surface area contributed by atoms with Crippen molar-refractivity contribution >= 4 is 17.9 Å². The summed E-state index contributed by atoms with van der Waals surface area (Å²) in [6, 6.07) is 0. The van der Waals surface area contributed by atoms with Gasteiger partial charge in [0.2, 0.25) is 0 Å². The summed E-state index contributed by atoms with van der Waals surface area (Å²) in [7, 11) is 0. The highest BCUT2D eigenvalue weighted by molar-refractivity contribution is 5.68. The van der Waals surface area contributed by atoms with E-state index in [0.29, 0.717) is 18.4 Å². The van der Waals surface area contributed by atoms with Crippen LogP contribution >= 0.6 is 0 Å². The van der Waals surface area contributed by atoms with E-state index in [-0.39, 0.29) is 6.42 Å². The number of aliphatic hydroxyl groups is 2. The predicted molar refractivity (Wildman–Crippen MR) is 123 cm³/mol. The minimum absolute atomic E-state index is 0.287. The minimum Gasteiger partial charge on any atom is -0.461 e. The van der Waals surface area contributed by atoms with E-state index in [1.807, 2.05) is 27.7 Å². The van der Waals surface area contributed by atoms with Crippen LogP contribution in [0, 0.1) is 22.7 Å². The van der Waals surface area contributed by atoms with Crippen molar-refractivity contribution in [2.75, 3.05) is 0 Å². The fourth-order valence-corrected chi connectivity index (χ4v) is 7.01. The lowest BCUT2D eigenvalue weighted by Gasteiger charge is -2.60. The molecule has 0 aromatic carbocycles. The quantitative estimate of drug-likeness (QED) is 0.361. The molecule has 0 spiro atoms. The minimum atomic E-state index is -1.14. The summed E-state index contributed by atoms with van der Waals surface area (Å²) >= 11 is 0. The zero-order valence-corrected chi connectivity index (χ0v) is 21.2. The molecule has 0 unspecified atom stereocenters. The smallest absolute Gasteiger partial charge is 0.303 e. The van der Waals surface area contributed by atoms with Crippen LogP contribution in [0.4, 0.5) is 0 Å². The zero-order chi connectivity index (χ0) is 25.7. The van der Waals surface area contributed by atoms with Crippen LogP contribution in [-0.4, -0.2) is 58.6 Å². The number of aliphatic hydroxyl groups excluding tert-OH is 2. The Morgan fingerprint density at radius 3 is 2.06 bits per heavy atom. The summed E-state index contributed by atoms with van der Waals surface area (Å²) in [5.74, 6) is -2.72. The van der Waals surface area contributed by atoms with E-state index in [2.05, 4.69) is 6.58 Å². The first-order valence-corrected chi connectivity index (χ1v) is 11.9. The fourth-order valence-electron chi connectivity index (χ4n) is 7.01. The molecule has 0 aromatic rings. The number of ether oxygens (including phenoxy) is 3. The van der Waals surface area contributed by atoms with Crippen molar-refractivity contribution in [1.29, 1.82) is 0 Å². The Balaban J connectivity index is 2.30. The maximum absolute atomic E-state index is 12.3. The molecule has 3 aliphatic carbocycles. The monoisotopic (exact) mass is 478 g/mol. The molecule has 0 saturated heterocycles. The Bertz CT molecular complexity index is 918. The standard InChI is InChI=1S/C26H38O8/c1-12-11-17(30)21-22(33-15(4)28)20-13(2)18(32-14(3)27)9-10-26(20,8)24(31)23(34-16(5)29)19(12)25(21,6)7/h17-18,20-24,30-31H,2,9-11H2,1,3-8H3/t17-,18-,20-,21-,22-,23+,24-,26+/m0/s1. The van der Waals surface area contributed by atoms with Gasteiger partial charge in [0.25, 0.3) is 0 Å². The molecule has 3 rings (SSSR count). The number of hydrogen-bond acceptors (Lipinski definition) is 8. The average molecular weight is 479 g/mol. The Kier molecular flexibility index (Phi) is 7.08. The molecule has 0 aromatic heterocycles. The topological polar surface area (TPSA) is 119 Å². The second-order valence-corrected chi connectivity index (χ2v) is 11.0. The number of carbonyl (C=O) groups excluding carboxylic acids is 3. The highest BCUT2D eigenvalue weighted by atomic mass is 16.6. The number of fused-ring (bicyclic) bond motifs is 3. The second-order valence-electron chi connectivity index (χ2n) is 11.0. The van der Waals surface area contributed by atoms with Crippen LogP contribution in [0.1, 0.15) is 67.7 Å². The first-order chi connectivity index (χ1) is 15.6. The molecule has 2 fully saturated rings. The summed E-state index contributed by atoms with van der Waals surface area (Å²) in [5.41, 5.74) is 0.378. The number of rotatable bonds is 3. The molecule has 2 bridgehead atoms. The second kappa shape index (κ2) is 9.11. The lowest BCUT2D eigenvalue weighted by atomic mass is 9.49. The molecule has 0 aliphatic heterocycles. The maximum Gasteiger partial charge on any atom is 0.303 e. The maximum atomic E-state index is 12.3. The van der Waals surface area contributed by atoms with Crippen molar-refractivity contribution in [2.45, 2.75) is 98.2 Å². The highest BCUT2D eigenvalue weighted by Crippen LogP contribution is 2.60. The normalized spacial score (nSPS) is 39.3. The van der Waals surface area contributed by atoms with E-state index in [1.54, 1.807) is 0 Å². The van der Waals surface area contributed by atoms with E-state index in [1.165, 1.54) is 20.8 Å².